The molecule has 0 saturated heterocycles. The van der Waals surface area contributed by atoms with Crippen LogP contribution in [0.4, 0.5) is 0 Å². The lowest BCUT2D eigenvalue weighted by Gasteiger charge is -2.27. The van der Waals surface area contributed by atoms with Gasteiger partial charge in [0.2, 0.25) is 0 Å². The van der Waals surface area contributed by atoms with E-state index in [1.807, 2.05) is 36.1 Å². The van der Waals surface area contributed by atoms with Crippen LogP contribution in [-0.2, 0) is 6.42 Å². The average molecular weight is 175 g/mol. The maximum absolute atomic E-state index is 11.8. The summed E-state index contributed by atoms with van der Waals surface area (Å²) in [5.41, 5.74) is 2.08. The molecule has 0 unspecified atom stereocenters. The predicted octanol–water partition coefficient (Wildman–Crippen LogP) is 1.70. The normalized spacial score (nSPS) is 15.8. The predicted molar refractivity (Wildman–Crippen MR) is 51.7 cm³/mol. The highest BCUT2D eigenvalue weighted by molar-refractivity contribution is 5.96. The van der Waals surface area contributed by atoms with Crippen molar-refractivity contribution in [1.82, 2.24) is 4.90 Å². The van der Waals surface area contributed by atoms with Crippen molar-refractivity contribution in [2.75, 3.05) is 13.1 Å². The molecule has 2 nitrogen and oxygen atoms in total. The Labute approximate surface area is 78.2 Å². The molecule has 0 aliphatic carbocycles. The molecule has 1 amide bonds. The fourth-order valence-electron chi connectivity index (χ4n) is 1.78. The molecule has 0 fully saturated rings. The van der Waals surface area contributed by atoms with Gasteiger partial charge in [-0.2, -0.15) is 0 Å². The lowest BCUT2D eigenvalue weighted by Crippen LogP contribution is -2.37. The van der Waals surface area contributed by atoms with Crippen LogP contribution in [0.25, 0.3) is 0 Å². The SMILES string of the molecule is CCN1CCc2ccccc2C1=O. The van der Waals surface area contributed by atoms with Gasteiger partial charge < -0.3 is 4.90 Å². The Morgan fingerprint density at radius 2 is 2.15 bits per heavy atom. The topological polar surface area (TPSA) is 20.3 Å². The van der Waals surface area contributed by atoms with Crippen LogP contribution in [-0.4, -0.2) is 23.9 Å². The van der Waals surface area contributed by atoms with E-state index in [0.717, 1.165) is 25.1 Å². The molecule has 68 valence electrons. The van der Waals surface area contributed by atoms with Gasteiger partial charge in [0.25, 0.3) is 5.91 Å². The number of likely N-dealkylation sites (N-methyl/N-ethyl adjacent to an activating group) is 1. The zero-order valence-corrected chi connectivity index (χ0v) is 7.79. The number of amides is 1. The number of fused-ring (bicyclic) bond motifs is 1. The molecule has 13 heavy (non-hydrogen) atoms. The second-order valence-electron chi connectivity index (χ2n) is 3.29. The molecule has 2 heteroatoms. The van der Waals surface area contributed by atoms with E-state index in [-0.39, 0.29) is 5.91 Å². The number of rotatable bonds is 1. The minimum atomic E-state index is 0.185. The average Bonchev–Trinajstić information content (AvgIpc) is 2.19. The van der Waals surface area contributed by atoms with Crippen LogP contribution < -0.4 is 0 Å². The van der Waals surface area contributed by atoms with E-state index in [1.54, 1.807) is 0 Å². The molecule has 0 aromatic heterocycles. The molecule has 2 rings (SSSR count). The first-order valence-corrected chi connectivity index (χ1v) is 4.70. The third kappa shape index (κ3) is 1.32. The molecule has 1 aromatic carbocycles. The van der Waals surface area contributed by atoms with Gasteiger partial charge in [0.05, 0.1) is 0 Å². The van der Waals surface area contributed by atoms with Gasteiger partial charge >= 0.3 is 0 Å². The fraction of sp³-hybridized carbons (Fsp3) is 0.364. The molecule has 1 aliphatic rings. The first-order chi connectivity index (χ1) is 6.33. The van der Waals surface area contributed by atoms with Gasteiger partial charge in [-0.05, 0) is 25.0 Å². The van der Waals surface area contributed by atoms with Crippen LogP contribution in [0.5, 0.6) is 0 Å². The largest absolute Gasteiger partial charge is 0.339 e. The molecule has 0 spiro atoms. The van der Waals surface area contributed by atoms with E-state index >= 15 is 0 Å². The van der Waals surface area contributed by atoms with E-state index in [2.05, 4.69) is 0 Å². The Kier molecular flexibility index (Phi) is 2.05. The van der Waals surface area contributed by atoms with Crippen LogP contribution in [0.1, 0.15) is 22.8 Å². The van der Waals surface area contributed by atoms with Crippen molar-refractivity contribution >= 4 is 5.91 Å². The number of hydrogen-bond donors (Lipinski definition) is 0. The smallest absolute Gasteiger partial charge is 0.254 e. The van der Waals surface area contributed by atoms with Crippen molar-refractivity contribution in [3.63, 3.8) is 0 Å². The van der Waals surface area contributed by atoms with Gasteiger partial charge in [0, 0.05) is 18.7 Å². The maximum atomic E-state index is 11.8. The van der Waals surface area contributed by atoms with E-state index < -0.39 is 0 Å². The Bertz CT molecular complexity index is 333. The Morgan fingerprint density at radius 1 is 1.38 bits per heavy atom. The molecule has 0 N–H and O–H groups in total. The van der Waals surface area contributed by atoms with Crippen molar-refractivity contribution in [2.45, 2.75) is 13.3 Å². The minimum Gasteiger partial charge on any atom is -0.339 e. The lowest BCUT2D eigenvalue weighted by atomic mass is 9.99. The zero-order valence-electron chi connectivity index (χ0n) is 7.79. The van der Waals surface area contributed by atoms with Gasteiger partial charge in [-0.15, -0.1) is 0 Å². The summed E-state index contributed by atoms with van der Waals surface area (Å²) in [7, 11) is 0. The summed E-state index contributed by atoms with van der Waals surface area (Å²) in [6.45, 7) is 3.70. The summed E-state index contributed by atoms with van der Waals surface area (Å²) in [5, 5.41) is 0. The van der Waals surface area contributed by atoms with Crippen molar-refractivity contribution in [3.05, 3.63) is 35.4 Å². The van der Waals surface area contributed by atoms with Gasteiger partial charge in [-0.1, -0.05) is 18.2 Å². The molecule has 1 heterocycles. The summed E-state index contributed by atoms with van der Waals surface area (Å²) in [6, 6.07) is 7.88. The fourth-order valence-corrected chi connectivity index (χ4v) is 1.78. The second kappa shape index (κ2) is 3.21. The summed E-state index contributed by atoms with van der Waals surface area (Å²) >= 11 is 0. The minimum absolute atomic E-state index is 0.185. The highest BCUT2D eigenvalue weighted by Gasteiger charge is 2.21. The molecule has 0 bridgehead atoms. The van der Waals surface area contributed by atoms with E-state index in [1.165, 1.54) is 5.56 Å². The third-order valence-corrected chi connectivity index (χ3v) is 2.57. The molecule has 0 atom stereocenters. The first kappa shape index (κ1) is 8.30. The lowest BCUT2D eigenvalue weighted by molar-refractivity contribution is 0.0749. The van der Waals surface area contributed by atoms with Gasteiger partial charge in [0.1, 0.15) is 0 Å². The van der Waals surface area contributed by atoms with Crippen LogP contribution in [0.3, 0.4) is 0 Å². The van der Waals surface area contributed by atoms with Crippen LogP contribution in [0, 0.1) is 0 Å². The Hall–Kier alpha value is -1.31. The van der Waals surface area contributed by atoms with Crippen LogP contribution in [0.2, 0.25) is 0 Å². The van der Waals surface area contributed by atoms with E-state index in [0.29, 0.717) is 0 Å². The molecule has 1 aliphatic heterocycles. The van der Waals surface area contributed by atoms with Crippen molar-refractivity contribution in [2.24, 2.45) is 0 Å². The highest BCUT2D eigenvalue weighted by atomic mass is 16.2. The standard InChI is InChI=1S/C11H13NO/c1-2-12-8-7-9-5-3-4-6-10(9)11(12)13/h3-6H,2,7-8H2,1H3. The van der Waals surface area contributed by atoms with Crippen molar-refractivity contribution < 1.29 is 4.79 Å². The molecular weight excluding hydrogens is 162 g/mol. The monoisotopic (exact) mass is 175 g/mol. The summed E-state index contributed by atoms with van der Waals surface area (Å²) in [5.74, 6) is 0.185. The third-order valence-electron chi connectivity index (χ3n) is 2.57. The van der Waals surface area contributed by atoms with E-state index in [9.17, 15) is 4.79 Å². The molecular formula is C11H13NO. The number of benzene rings is 1. The molecule has 0 radical (unpaired) electrons. The van der Waals surface area contributed by atoms with Crippen LogP contribution >= 0.6 is 0 Å². The maximum Gasteiger partial charge on any atom is 0.254 e. The van der Waals surface area contributed by atoms with Crippen molar-refractivity contribution in [1.29, 1.82) is 0 Å². The van der Waals surface area contributed by atoms with Crippen molar-refractivity contribution in [3.8, 4) is 0 Å². The zero-order chi connectivity index (χ0) is 9.26. The summed E-state index contributed by atoms with van der Waals surface area (Å²) in [4.78, 5) is 13.7. The Morgan fingerprint density at radius 3 is 2.92 bits per heavy atom. The highest BCUT2D eigenvalue weighted by Crippen LogP contribution is 2.17. The molecule has 1 aromatic rings. The summed E-state index contributed by atoms with van der Waals surface area (Å²) in [6.07, 6.45) is 0.996. The number of carbonyl (C=O) groups is 1. The number of nitrogens with zero attached hydrogens (tertiary/aromatic N) is 1. The van der Waals surface area contributed by atoms with Gasteiger partial charge in [-0.25, -0.2) is 0 Å². The number of hydrogen-bond acceptors (Lipinski definition) is 1. The summed E-state index contributed by atoms with van der Waals surface area (Å²) < 4.78 is 0. The van der Waals surface area contributed by atoms with Gasteiger partial charge in [-0.3, -0.25) is 4.79 Å². The Balaban J connectivity index is 2.39. The number of carbonyl (C=O) groups excluding carboxylic acids is 1. The molecule has 0 saturated carbocycles. The first-order valence-electron chi connectivity index (χ1n) is 4.70. The van der Waals surface area contributed by atoms with Crippen LogP contribution in [0.15, 0.2) is 24.3 Å². The van der Waals surface area contributed by atoms with Gasteiger partial charge in [0.15, 0.2) is 0 Å². The quantitative estimate of drug-likeness (QED) is 0.636. The second-order valence-corrected chi connectivity index (χ2v) is 3.29. The van der Waals surface area contributed by atoms with E-state index in [4.69, 9.17) is 0 Å².